The van der Waals surface area contributed by atoms with Gasteiger partial charge in [0.05, 0.1) is 11.5 Å². The standard InChI is InChI=1S/C21H25FN2O4S/c1-15-3-4-16(2)20(9-15)29(25,26)24-7-5-23(6-8-24)12-17-10-19(22)11-18-13-27-14-28-21(17)18/h3-4,9-11H,5-8,12-14H2,1-2H3. The van der Waals surface area contributed by atoms with Gasteiger partial charge in [0.2, 0.25) is 10.0 Å². The predicted molar refractivity (Wildman–Crippen MR) is 107 cm³/mol. The molecule has 4 rings (SSSR count). The number of sulfonamides is 1. The Balaban J connectivity index is 1.46. The number of halogens is 1. The first-order valence-electron chi connectivity index (χ1n) is 9.66. The number of fused-ring (bicyclic) bond motifs is 1. The lowest BCUT2D eigenvalue weighted by atomic mass is 10.1. The molecule has 2 heterocycles. The molecule has 156 valence electrons. The lowest BCUT2D eigenvalue weighted by molar-refractivity contribution is -0.0178. The number of ether oxygens (including phenoxy) is 2. The van der Waals surface area contributed by atoms with Crippen molar-refractivity contribution in [3.63, 3.8) is 0 Å². The van der Waals surface area contributed by atoms with E-state index in [0.717, 1.165) is 16.7 Å². The monoisotopic (exact) mass is 420 g/mol. The second kappa shape index (κ2) is 8.02. The summed E-state index contributed by atoms with van der Waals surface area (Å²) in [6, 6.07) is 8.42. The highest BCUT2D eigenvalue weighted by atomic mass is 32.2. The maximum atomic E-state index is 14.0. The number of hydrogen-bond acceptors (Lipinski definition) is 5. The number of piperazine rings is 1. The average molecular weight is 421 g/mol. The summed E-state index contributed by atoms with van der Waals surface area (Å²) in [7, 11) is -3.53. The molecule has 0 spiro atoms. The molecule has 0 bridgehead atoms. The van der Waals surface area contributed by atoms with Crippen LogP contribution in [-0.4, -0.2) is 50.6 Å². The van der Waals surface area contributed by atoms with Gasteiger partial charge in [-0.3, -0.25) is 4.90 Å². The van der Waals surface area contributed by atoms with Crippen molar-refractivity contribution in [1.29, 1.82) is 0 Å². The fourth-order valence-electron chi connectivity index (χ4n) is 3.87. The van der Waals surface area contributed by atoms with Crippen molar-refractivity contribution < 1.29 is 22.3 Å². The molecule has 6 nitrogen and oxygen atoms in total. The molecular weight excluding hydrogens is 395 g/mol. The van der Waals surface area contributed by atoms with Crippen molar-refractivity contribution in [2.45, 2.75) is 31.9 Å². The summed E-state index contributed by atoms with van der Waals surface area (Å²) in [5.41, 5.74) is 3.16. The number of rotatable bonds is 4. The minimum atomic E-state index is -3.53. The van der Waals surface area contributed by atoms with Crippen LogP contribution in [0.15, 0.2) is 35.2 Å². The van der Waals surface area contributed by atoms with Crippen LogP contribution in [0.25, 0.3) is 0 Å². The van der Waals surface area contributed by atoms with Crippen molar-refractivity contribution in [2.75, 3.05) is 33.0 Å². The number of hydrogen-bond donors (Lipinski definition) is 0. The first-order chi connectivity index (χ1) is 13.8. The Morgan fingerprint density at radius 3 is 2.59 bits per heavy atom. The van der Waals surface area contributed by atoms with E-state index in [9.17, 15) is 12.8 Å². The Bertz CT molecular complexity index is 1020. The fourth-order valence-corrected chi connectivity index (χ4v) is 5.60. The van der Waals surface area contributed by atoms with Gasteiger partial charge in [-0.05, 0) is 43.2 Å². The summed E-state index contributed by atoms with van der Waals surface area (Å²) >= 11 is 0. The van der Waals surface area contributed by atoms with E-state index in [1.807, 2.05) is 26.0 Å². The van der Waals surface area contributed by atoms with Gasteiger partial charge in [-0.25, -0.2) is 12.8 Å². The third-order valence-electron chi connectivity index (χ3n) is 5.44. The molecule has 2 aliphatic heterocycles. The number of aryl methyl sites for hydroxylation is 2. The molecule has 0 amide bonds. The van der Waals surface area contributed by atoms with Gasteiger partial charge in [0.15, 0.2) is 6.79 Å². The summed E-state index contributed by atoms with van der Waals surface area (Å²) in [5.74, 6) is 0.368. The maximum Gasteiger partial charge on any atom is 0.243 e. The molecule has 0 atom stereocenters. The summed E-state index contributed by atoms with van der Waals surface area (Å²) < 4.78 is 52.5. The van der Waals surface area contributed by atoms with Gasteiger partial charge in [-0.15, -0.1) is 0 Å². The molecule has 1 fully saturated rings. The van der Waals surface area contributed by atoms with E-state index in [-0.39, 0.29) is 12.6 Å². The average Bonchev–Trinajstić information content (AvgIpc) is 2.70. The van der Waals surface area contributed by atoms with E-state index in [4.69, 9.17) is 9.47 Å². The van der Waals surface area contributed by atoms with Crippen molar-refractivity contribution in [1.82, 2.24) is 9.21 Å². The van der Waals surface area contributed by atoms with E-state index < -0.39 is 10.0 Å². The summed E-state index contributed by atoms with van der Waals surface area (Å²) in [5, 5.41) is 0. The Labute approximate surface area is 170 Å². The summed E-state index contributed by atoms with van der Waals surface area (Å²) in [6.07, 6.45) is 0. The van der Waals surface area contributed by atoms with Crippen molar-refractivity contribution >= 4 is 10.0 Å². The molecule has 2 aromatic carbocycles. The highest BCUT2D eigenvalue weighted by Gasteiger charge is 2.30. The first kappa shape index (κ1) is 20.3. The Kier molecular flexibility index (Phi) is 5.61. The second-order valence-electron chi connectivity index (χ2n) is 7.61. The molecular formula is C21H25FN2O4S. The lowest BCUT2D eigenvalue weighted by Crippen LogP contribution is -2.48. The van der Waals surface area contributed by atoms with Crippen LogP contribution in [0.4, 0.5) is 4.39 Å². The van der Waals surface area contributed by atoms with Crippen molar-refractivity contribution in [3.05, 3.63) is 58.4 Å². The van der Waals surface area contributed by atoms with Crippen LogP contribution < -0.4 is 4.74 Å². The Hall–Kier alpha value is -2.00. The lowest BCUT2D eigenvalue weighted by Gasteiger charge is -2.34. The third kappa shape index (κ3) is 4.16. The zero-order valence-electron chi connectivity index (χ0n) is 16.7. The van der Waals surface area contributed by atoms with E-state index in [1.54, 1.807) is 6.07 Å². The van der Waals surface area contributed by atoms with E-state index in [2.05, 4.69) is 4.90 Å². The van der Waals surface area contributed by atoms with E-state index >= 15 is 0 Å². The smallest absolute Gasteiger partial charge is 0.243 e. The summed E-state index contributed by atoms with van der Waals surface area (Å²) in [6.45, 7) is 6.67. The topological polar surface area (TPSA) is 59.1 Å². The number of benzene rings is 2. The van der Waals surface area contributed by atoms with Crippen LogP contribution >= 0.6 is 0 Å². The van der Waals surface area contributed by atoms with E-state index in [1.165, 1.54) is 16.4 Å². The van der Waals surface area contributed by atoms with Crippen LogP contribution in [0.2, 0.25) is 0 Å². The molecule has 1 saturated heterocycles. The summed E-state index contributed by atoms with van der Waals surface area (Å²) in [4.78, 5) is 2.50. The minimum Gasteiger partial charge on any atom is -0.467 e. The highest BCUT2D eigenvalue weighted by Crippen LogP contribution is 2.31. The third-order valence-corrected chi connectivity index (χ3v) is 7.48. The molecule has 0 saturated carbocycles. The van der Waals surface area contributed by atoms with Crippen LogP contribution in [0, 0.1) is 19.7 Å². The molecule has 2 aliphatic rings. The zero-order valence-corrected chi connectivity index (χ0v) is 17.5. The molecule has 0 aromatic heterocycles. The van der Waals surface area contributed by atoms with Crippen molar-refractivity contribution in [2.24, 2.45) is 0 Å². The van der Waals surface area contributed by atoms with Gasteiger partial charge in [-0.2, -0.15) is 4.31 Å². The molecule has 0 radical (unpaired) electrons. The largest absolute Gasteiger partial charge is 0.467 e. The first-order valence-corrected chi connectivity index (χ1v) is 11.1. The SMILES string of the molecule is Cc1ccc(C)c(S(=O)(=O)N2CCN(Cc3cc(F)cc4c3OCOC4)CC2)c1. The van der Waals surface area contributed by atoms with Gasteiger partial charge in [0.1, 0.15) is 11.6 Å². The highest BCUT2D eigenvalue weighted by molar-refractivity contribution is 7.89. The minimum absolute atomic E-state index is 0.160. The molecule has 29 heavy (non-hydrogen) atoms. The number of nitrogens with zero attached hydrogens (tertiary/aromatic N) is 2. The molecule has 8 heteroatoms. The van der Waals surface area contributed by atoms with Gasteiger partial charge in [-0.1, -0.05) is 12.1 Å². The Morgan fingerprint density at radius 1 is 1.07 bits per heavy atom. The van der Waals surface area contributed by atoms with Crippen LogP contribution in [0.5, 0.6) is 5.75 Å². The maximum absolute atomic E-state index is 14.0. The van der Waals surface area contributed by atoms with E-state index in [0.29, 0.717) is 55.5 Å². The molecule has 2 aromatic rings. The molecule has 0 aliphatic carbocycles. The quantitative estimate of drug-likeness (QED) is 0.761. The normalized spacial score (nSPS) is 18.3. The van der Waals surface area contributed by atoms with Crippen LogP contribution in [0.1, 0.15) is 22.3 Å². The van der Waals surface area contributed by atoms with Crippen molar-refractivity contribution in [3.8, 4) is 5.75 Å². The zero-order chi connectivity index (χ0) is 20.6. The van der Waals surface area contributed by atoms with Gasteiger partial charge < -0.3 is 9.47 Å². The molecule has 0 N–H and O–H groups in total. The molecule has 0 unspecified atom stereocenters. The van der Waals surface area contributed by atoms with Crippen LogP contribution in [-0.2, 0) is 27.9 Å². The predicted octanol–water partition coefficient (Wildman–Crippen LogP) is 2.82. The van der Waals surface area contributed by atoms with Gasteiger partial charge in [0.25, 0.3) is 0 Å². The van der Waals surface area contributed by atoms with Crippen LogP contribution in [0.3, 0.4) is 0 Å². The Morgan fingerprint density at radius 2 is 1.83 bits per heavy atom. The second-order valence-corrected chi connectivity index (χ2v) is 9.52. The van der Waals surface area contributed by atoms with Gasteiger partial charge >= 0.3 is 0 Å². The fraction of sp³-hybridized carbons (Fsp3) is 0.429. The van der Waals surface area contributed by atoms with Gasteiger partial charge in [0, 0.05) is 43.9 Å².